The largest absolute Gasteiger partial charge is 0.368 e. The molecule has 9 heteroatoms. The monoisotopic (exact) mass is 369 g/mol. The summed E-state index contributed by atoms with van der Waals surface area (Å²) < 4.78 is 15.6. The molecule has 0 aliphatic rings. The molecule has 0 amide bonds. The highest BCUT2D eigenvalue weighted by Gasteiger charge is 2.14. The zero-order valence-electron chi connectivity index (χ0n) is 13.4. The van der Waals surface area contributed by atoms with Crippen LogP contribution >= 0.6 is 11.6 Å². The maximum absolute atomic E-state index is 13.8. The Morgan fingerprint density at radius 3 is 2.62 bits per heavy atom. The summed E-state index contributed by atoms with van der Waals surface area (Å²) >= 11 is 5.80. The Morgan fingerprint density at radius 2 is 1.85 bits per heavy atom. The standard InChI is InChI=1S/C17H13ClFN7/c18-15-23-16(20)25-17(24-15)21-9-14-22-12-7-6-10(19)8-13(12)26(14)11-4-2-1-3-5-11/h1-8H,9H2,(H3,20,21,23,24,25). The molecule has 0 radical (unpaired) electrons. The molecule has 4 rings (SSSR count). The molecule has 0 spiro atoms. The quantitative estimate of drug-likeness (QED) is 0.573. The summed E-state index contributed by atoms with van der Waals surface area (Å²) in [6.45, 7) is 0.283. The SMILES string of the molecule is Nc1nc(Cl)nc(NCc2nc3ccc(F)cc3n2-c2ccccc2)n1. The second-order valence-electron chi connectivity index (χ2n) is 5.47. The maximum Gasteiger partial charge on any atom is 0.229 e. The molecule has 3 N–H and O–H groups in total. The number of nitrogens with one attached hydrogen (secondary N) is 1. The first-order chi connectivity index (χ1) is 12.6. The number of nitrogens with two attached hydrogens (primary N) is 1. The first-order valence-electron chi connectivity index (χ1n) is 7.73. The molecule has 0 atom stereocenters. The average molecular weight is 370 g/mol. The van der Waals surface area contributed by atoms with E-state index in [1.54, 1.807) is 6.07 Å². The summed E-state index contributed by atoms with van der Waals surface area (Å²) in [5.41, 5.74) is 7.79. The molecule has 2 aromatic carbocycles. The summed E-state index contributed by atoms with van der Waals surface area (Å²) in [6.07, 6.45) is 0. The zero-order chi connectivity index (χ0) is 18.1. The van der Waals surface area contributed by atoms with Crippen LogP contribution in [0.4, 0.5) is 16.3 Å². The summed E-state index contributed by atoms with van der Waals surface area (Å²) in [4.78, 5) is 16.3. The average Bonchev–Trinajstić information content (AvgIpc) is 2.97. The Morgan fingerprint density at radius 1 is 1.04 bits per heavy atom. The first-order valence-corrected chi connectivity index (χ1v) is 8.11. The number of rotatable bonds is 4. The molecule has 0 aliphatic heterocycles. The van der Waals surface area contributed by atoms with E-state index in [1.807, 2.05) is 34.9 Å². The van der Waals surface area contributed by atoms with Gasteiger partial charge in [-0.1, -0.05) is 18.2 Å². The fraction of sp³-hybridized carbons (Fsp3) is 0.0588. The number of fused-ring (bicyclic) bond motifs is 1. The van der Waals surface area contributed by atoms with Crippen molar-refractivity contribution in [3.63, 3.8) is 0 Å². The number of halogens is 2. The molecular formula is C17H13ClFN7. The van der Waals surface area contributed by atoms with E-state index >= 15 is 0 Å². The number of nitrogen functional groups attached to an aromatic ring is 1. The van der Waals surface area contributed by atoms with Crippen molar-refractivity contribution in [1.82, 2.24) is 24.5 Å². The van der Waals surface area contributed by atoms with Crippen molar-refractivity contribution in [3.05, 3.63) is 65.5 Å². The topological polar surface area (TPSA) is 94.5 Å². The second kappa shape index (κ2) is 6.57. The molecule has 0 unspecified atom stereocenters. The van der Waals surface area contributed by atoms with Gasteiger partial charge in [-0.25, -0.2) is 9.37 Å². The summed E-state index contributed by atoms with van der Waals surface area (Å²) in [5.74, 6) is 0.588. The number of hydrogen-bond acceptors (Lipinski definition) is 6. The van der Waals surface area contributed by atoms with Gasteiger partial charge >= 0.3 is 0 Å². The Hall–Kier alpha value is -3.26. The molecule has 0 saturated carbocycles. The zero-order valence-corrected chi connectivity index (χ0v) is 14.2. The minimum absolute atomic E-state index is 0.00127. The smallest absolute Gasteiger partial charge is 0.229 e. The van der Waals surface area contributed by atoms with E-state index in [1.165, 1.54) is 12.1 Å². The van der Waals surface area contributed by atoms with Gasteiger partial charge in [-0.15, -0.1) is 0 Å². The van der Waals surface area contributed by atoms with E-state index in [2.05, 4.69) is 25.3 Å². The van der Waals surface area contributed by atoms with Crippen molar-refractivity contribution in [2.75, 3.05) is 11.1 Å². The predicted molar refractivity (Wildman–Crippen MR) is 97.6 cm³/mol. The van der Waals surface area contributed by atoms with E-state index in [0.29, 0.717) is 16.9 Å². The van der Waals surface area contributed by atoms with Crippen molar-refractivity contribution in [2.45, 2.75) is 6.54 Å². The highest BCUT2D eigenvalue weighted by Crippen LogP contribution is 2.23. The Balaban J connectivity index is 1.76. The van der Waals surface area contributed by atoms with Gasteiger partial charge in [-0.2, -0.15) is 15.0 Å². The summed E-state index contributed by atoms with van der Waals surface area (Å²) in [6, 6.07) is 14.1. The van der Waals surface area contributed by atoms with Crippen molar-refractivity contribution < 1.29 is 4.39 Å². The van der Waals surface area contributed by atoms with Gasteiger partial charge in [0.15, 0.2) is 0 Å². The lowest BCUT2D eigenvalue weighted by molar-refractivity contribution is 0.629. The van der Waals surface area contributed by atoms with Gasteiger partial charge in [-0.05, 0) is 35.9 Å². The van der Waals surface area contributed by atoms with Gasteiger partial charge in [0.05, 0.1) is 17.6 Å². The Labute approximate surface area is 152 Å². The van der Waals surface area contributed by atoms with Gasteiger partial charge < -0.3 is 11.1 Å². The van der Waals surface area contributed by atoms with Crippen LogP contribution in [-0.4, -0.2) is 24.5 Å². The number of benzene rings is 2. The van der Waals surface area contributed by atoms with Crippen LogP contribution in [0.2, 0.25) is 5.28 Å². The molecule has 0 fully saturated rings. The summed E-state index contributed by atoms with van der Waals surface area (Å²) in [5, 5.41) is 3.02. The van der Waals surface area contributed by atoms with Crippen LogP contribution in [0.5, 0.6) is 0 Å². The lowest BCUT2D eigenvalue weighted by Gasteiger charge is -2.10. The van der Waals surface area contributed by atoms with Crippen LogP contribution in [0.15, 0.2) is 48.5 Å². The van der Waals surface area contributed by atoms with Crippen LogP contribution in [0.3, 0.4) is 0 Å². The van der Waals surface area contributed by atoms with Gasteiger partial charge in [-0.3, -0.25) is 4.57 Å². The number of hydrogen-bond donors (Lipinski definition) is 2. The Bertz CT molecular complexity index is 1060. The third kappa shape index (κ3) is 3.14. The minimum Gasteiger partial charge on any atom is -0.368 e. The molecule has 2 heterocycles. The van der Waals surface area contributed by atoms with Crippen molar-refractivity contribution in [1.29, 1.82) is 0 Å². The van der Waals surface area contributed by atoms with Gasteiger partial charge in [0, 0.05) is 11.8 Å². The second-order valence-corrected chi connectivity index (χ2v) is 5.81. The van der Waals surface area contributed by atoms with Crippen molar-refractivity contribution in [2.24, 2.45) is 0 Å². The number of para-hydroxylation sites is 1. The molecule has 7 nitrogen and oxygen atoms in total. The lowest BCUT2D eigenvalue weighted by Crippen LogP contribution is -2.11. The van der Waals surface area contributed by atoms with Crippen molar-refractivity contribution in [3.8, 4) is 5.69 Å². The maximum atomic E-state index is 13.8. The van der Waals surface area contributed by atoms with Gasteiger partial charge in [0.25, 0.3) is 0 Å². The third-order valence-electron chi connectivity index (χ3n) is 3.73. The highest BCUT2D eigenvalue weighted by molar-refractivity contribution is 6.28. The Kier molecular flexibility index (Phi) is 4.10. The van der Waals surface area contributed by atoms with E-state index < -0.39 is 0 Å². The molecule has 0 bridgehead atoms. The highest BCUT2D eigenvalue weighted by atomic mass is 35.5. The fourth-order valence-corrected chi connectivity index (χ4v) is 2.85. The predicted octanol–water partition coefficient (Wildman–Crippen LogP) is 3.20. The molecule has 2 aromatic heterocycles. The molecule has 0 saturated heterocycles. The number of nitrogens with zero attached hydrogens (tertiary/aromatic N) is 5. The number of anilines is 2. The van der Waals surface area contributed by atoms with Crippen LogP contribution in [0, 0.1) is 5.82 Å². The van der Waals surface area contributed by atoms with Crippen LogP contribution in [0.1, 0.15) is 5.82 Å². The van der Waals surface area contributed by atoms with Crippen LogP contribution in [-0.2, 0) is 6.54 Å². The molecule has 0 aliphatic carbocycles. The van der Waals surface area contributed by atoms with Crippen LogP contribution in [0.25, 0.3) is 16.7 Å². The number of imidazole rings is 1. The van der Waals surface area contributed by atoms with E-state index in [9.17, 15) is 4.39 Å². The minimum atomic E-state index is -0.328. The van der Waals surface area contributed by atoms with E-state index in [0.717, 1.165) is 5.69 Å². The fourth-order valence-electron chi connectivity index (χ4n) is 2.68. The van der Waals surface area contributed by atoms with Gasteiger partial charge in [0.2, 0.25) is 17.2 Å². The number of aromatic nitrogens is 5. The first kappa shape index (κ1) is 16.2. The molecule has 4 aromatic rings. The molecule has 26 heavy (non-hydrogen) atoms. The normalized spacial score (nSPS) is 11.0. The molecule has 130 valence electrons. The lowest BCUT2D eigenvalue weighted by atomic mass is 10.2. The summed E-state index contributed by atoms with van der Waals surface area (Å²) in [7, 11) is 0. The third-order valence-corrected chi connectivity index (χ3v) is 3.90. The van der Waals surface area contributed by atoms with Crippen LogP contribution < -0.4 is 11.1 Å². The van der Waals surface area contributed by atoms with Gasteiger partial charge in [0.1, 0.15) is 11.6 Å². The molecular weight excluding hydrogens is 357 g/mol. The van der Waals surface area contributed by atoms with E-state index in [-0.39, 0.29) is 29.5 Å². The van der Waals surface area contributed by atoms with Crippen molar-refractivity contribution >= 4 is 34.5 Å². The van der Waals surface area contributed by atoms with E-state index in [4.69, 9.17) is 17.3 Å².